The highest BCUT2D eigenvalue weighted by Crippen LogP contribution is 2.40. The number of imidazole rings is 1. The average molecular weight is 477 g/mol. The summed E-state index contributed by atoms with van der Waals surface area (Å²) < 4.78 is 44.2. The van der Waals surface area contributed by atoms with E-state index >= 15 is 0 Å². The van der Waals surface area contributed by atoms with Gasteiger partial charge in [-0.2, -0.15) is 18.3 Å². The zero-order chi connectivity index (χ0) is 24.7. The van der Waals surface area contributed by atoms with Crippen molar-refractivity contribution in [2.75, 3.05) is 5.32 Å². The molecular formula is C25H18F3N5O2. The van der Waals surface area contributed by atoms with Crippen molar-refractivity contribution in [2.24, 2.45) is 7.05 Å². The van der Waals surface area contributed by atoms with Gasteiger partial charge in [-0.05, 0) is 30.3 Å². The molecule has 176 valence electrons. The van der Waals surface area contributed by atoms with E-state index in [-0.39, 0.29) is 16.8 Å². The molecule has 10 heteroatoms. The molecule has 0 aliphatic heterocycles. The van der Waals surface area contributed by atoms with Crippen LogP contribution in [0, 0.1) is 0 Å². The number of phenols is 1. The highest BCUT2D eigenvalue weighted by atomic mass is 19.4. The molecule has 2 aromatic carbocycles. The maximum absolute atomic E-state index is 13.7. The molecule has 3 aromatic heterocycles. The maximum atomic E-state index is 13.7. The van der Waals surface area contributed by atoms with Gasteiger partial charge in [-0.3, -0.25) is 13.9 Å². The third-order valence-corrected chi connectivity index (χ3v) is 5.48. The Hall–Kier alpha value is -4.60. The summed E-state index contributed by atoms with van der Waals surface area (Å²) in [6.45, 7) is 0. The second kappa shape index (κ2) is 8.32. The zero-order valence-corrected chi connectivity index (χ0v) is 18.3. The van der Waals surface area contributed by atoms with Gasteiger partial charge in [0.25, 0.3) is 5.91 Å². The fourth-order valence-electron chi connectivity index (χ4n) is 3.86. The van der Waals surface area contributed by atoms with Gasteiger partial charge in [0, 0.05) is 30.6 Å². The molecule has 5 rings (SSSR count). The van der Waals surface area contributed by atoms with Crippen molar-refractivity contribution in [3.63, 3.8) is 0 Å². The Morgan fingerprint density at radius 2 is 1.74 bits per heavy atom. The van der Waals surface area contributed by atoms with Crippen molar-refractivity contribution in [3.8, 4) is 28.3 Å². The minimum absolute atomic E-state index is 0.0219. The third-order valence-electron chi connectivity index (χ3n) is 5.48. The number of aryl methyl sites for hydroxylation is 1. The molecule has 0 bridgehead atoms. The second-order valence-electron chi connectivity index (χ2n) is 7.85. The number of benzene rings is 2. The number of hydrogen-bond donors (Lipinski definition) is 2. The topological polar surface area (TPSA) is 84.5 Å². The Morgan fingerprint density at radius 1 is 1.00 bits per heavy atom. The molecule has 0 aliphatic carbocycles. The molecule has 1 amide bonds. The van der Waals surface area contributed by atoms with E-state index in [0.29, 0.717) is 23.2 Å². The summed E-state index contributed by atoms with van der Waals surface area (Å²) >= 11 is 0. The standard InChI is InChI=1S/C25H18F3N5O2/c1-32-12-10-19(31-32)16-13-17(20(34)14-18(16)25(26,27)28)24(35)30-23-22(15-7-3-2-4-8-15)29-21-9-5-6-11-33(21)23/h2-14,34H,1H3,(H,30,35). The van der Waals surface area contributed by atoms with Gasteiger partial charge in [0.05, 0.1) is 16.8 Å². The molecule has 0 unspecified atom stereocenters. The van der Waals surface area contributed by atoms with Gasteiger partial charge in [0.1, 0.15) is 22.9 Å². The molecule has 3 heterocycles. The van der Waals surface area contributed by atoms with Crippen LogP contribution in [0.3, 0.4) is 0 Å². The Labute approximate surface area is 197 Å². The summed E-state index contributed by atoms with van der Waals surface area (Å²) in [6, 6.07) is 17.4. The number of alkyl halides is 3. The first-order chi connectivity index (χ1) is 16.7. The number of phenolic OH excluding ortho intramolecular Hbond substituents is 1. The van der Waals surface area contributed by atoms with E-state index in [2.05, 4.69) is 15.4 Å². The quantitative estimate of drug-likeness (QED) is 0.364. The normalized spacial score (nSPS) is 11.7. The molecule has 0 saturated heterocycles. The SMILES string of the molecule is Cn1ccc(-c2cc(C(=O)Nc3c(-c4ccccc4)nc4ccccn34)c(O)cc2C(F)(F)F)n1. The van der Waals surface area contributed by atoms with E-state index in [0.717, 1.165) is 11.6 Å². The highest BCUT2D eigenvalue weighted by molar-refractivity contribution is 6.08. The van der Waals surface area contributed by atoms with Gasteiger partial charge in [0.2, 0.25) is 0 Å². The number of nitrogens with one attached hydrogen (secondary N) is 1. The monoisotopic (exact) mass is 477 g/mol. The van der Waals surface area contributed by atoms with Crippen LogP contribution in [0.2, 0.25) is 0 Å². The highest BCUT2D eigenvalue weighted by Gasteiger charge is 2.36. The number of carbonyl (C=O) groups is 1. The van der Waals surface area contributed by atoms with E-state index in [1.165, 1.54) is 16.9 Å². The van der Waals surface area contributed by atoms with Crippen molar-refractivity contribution >= 4 is 17.4 Å². The Kier molecular flexibility index (Phi) is 5.28. The largest absolute Gasteiger partial charge is 0.507 e. The smallest absolute Gasteiger partial charge is 0.417 e. The van der Waals surface area contributed by atoms with Gasteiger partial charge >= 0.3 is 6.18 Å². The molecule has 0 saturated carbocycles. The van der Waals surface area contributed by atoms with Crippen LogP contribution in [0.1, 0.15) is 15.9 Å². The number of halogens is 3. The Morgan fingerprint density at radius 3 is 2.43 bits per heavy atom. The van der Waals surface area contributed by atoms with Crippen molar-refractivity contribution < 1.29 is 23.1 Å². The number of nitrogens with zero attached hydrogens (tertiary/aromatic N) is 4. The van der Waals surface area contributed by atoms with Crippen LogP contribution in [0.25, 0.3) is 28.2 Å². The summed E-state index contributed by atoms with van der Waals surface area (Å²) in [7, 11) is 1.57. The van der Waals surface area contributed by atoms with Crippen LogP contribution < -0.4 is 5.32 Å². The first-order valence-electron chi connectivity index (χ1n) is 10.5. The fourth-order valence-corrected chi connectivity index (χ4v) is 3.86. The summed E-state index contributed by atoms with van der Waals surface area (Å²) in [6.07, 6.45) is -1.57. The van der Waals surface area contributed by atoms with Crippen molar-refractivity contribution in [3.05, 3.63) is 90.3 Å². The lowest BCUT2D eigenvalue weighted by Gasteiger charge is -2.15. The summed E-state index contributed by atoms with van der Waals surface area (Å²) in [5.41, 5.74) is 0.0518. The number of anilines is 1. The Bertz CT molecular complexity index is 1550. The van der Waals surface area contributed by atoms with Gasteiger partial charge in [-0.25, -0.2) is 4.98 Å². The number of fused-ring (bicyclic) bond motifs is 1. The predicted molar refractivity (Wildman–Crippen MR) is 124 cm³/mol. The van der Waals surface area contributed by atoms with E-state index in [1.54, 1.807) is 35.8 Å². The molecule has 2 N–H and O–H groups in total. The van der Waals surface area contributed by atoms with E-state index in [9.17, 15) is 23.1 Å². The van der Waals surface area contributed by atoms with E-state index in [1.807, 2.05) is 30.3 Å². The zero-order valence-electron chi connectivity index (χ0n) is 18.3. The molecule has 0 spiro atoms. The number of carbonyl (C=O) groups excluding carboxylic acids is 1. The molecule has 0 radical (unpaired) electrons. The minimum Gasteiger partial charge on any atom is -0.507 e. The van der Waals surface area contributed by atoms with Crippen molar-refractivity contribution in [1.82, 2.24) is 19.2 Å². The average Bonchev–Trinajstić information content (AvgIpc) is 3.42. The Balaban J connectivity index is 1.62. The lowest BCUT2D eigenvalue weighted by Crippen LogP contribution is -2.16. The van der Waals surface area contributed by atoms with Gasteiger partial charge < -0.3 is 10.4 Å². The van der Waals surface area contributed by atoms with Crippen LogP contribution in [-0.2, 0) is 13.2 Å². The van der Waals surface area contributed by atoms with Crippen LogP contribution in [0.5, 0.6) is 5.75 Å². The van der Waals surface area contributed by atoms with Crippen LogP contribution in [0.15, 0.2) is 79.1 Å². The first kappa shape index (κ1) is 22.2. The van der Waals surface area contributed by atoms with Crippen LogP contribution >= 0.6 is 0 Å². The molecular weight excluding hydrogens is 459 g/mol. The van der Waals surface area contributed by atoms with E-state index in [4.69, 9.17) is 0 Å². The molecule has 0 atom stereocenters. The summed E-state index contributed by atoms with van der Waals surface area (Å²) in [5, 5.41) is 17.2. The van der Waals surface area contributed by atoms with Gasteiger partial charge in [0.15, 0.2) is 0 Å². The van der Waals surface area contributed by atoms with Gasteiger partial charge in [-0.15, -0.1) is 0 Å². The maximum Gasteiger partial charge on any atom is 0.417 e. The summed E-state index contributed by atoms with van der Waals surface area (Å²) in [4.78, 5) is 17.9. The summed E-state index contributed by atoms with van der Waals surface area (Å²) in [5.74, 6) is -1.28. The number of aromatic nitrogens is 4. The van der Waals surface area contributed by atoms with Crippen LogP contribution in [0.4, 0.5) is 19.0 Å². The van der Waals surface area contributed by atoms with Gasteiger partial charge in [-0.1, -0.05) is 36.4 Å². The predicted octanol–water partition coefficient (Wildman–Crippen LogP) is 5.38. The fraction of sp³-hybridized carbons (Fsp3) is 0.0800. The molecule has 0 fully saturated rings. The molecule has 0 aliphatic rings. The molecule has 35 heavy (non-hydrogen) atoms. The number of amides is 1. The lowest BCUT2D eigenvalue weighted by molar-refractivity contribution is -0.137. The first-order valence-corrected chi connectivity index (χ1v) is 10.5. The van der Waals surface area contributed by atoms with Crippen LogP contribution in [-0.4, -0.2) is 30.2 Å². The van der Waals surface area contributed by atoms with Crippen molar-refractivity contribution in [2.45, 2.75) is 6.18 Å². The number of pyridine rings is 1. The lowest BCUT2D eigenvalue weighted by atomic mass is 9.99. The third kappa shape index (κ3) is 4.10. The second-order valence-corrected chi connectivity index (χ2v) is 7.85. The number of hydrogen-bond acceptors (Lipinski definition) is 4. The minimum atomic E-state index is -4.76. The molecule has 5 aromatic rings. The van der Waals surface area contributed by atoms with Crippen molar-refractivity contribution in [1.29, 1.82) is 0 Å². The molecule has 7 nitrogen and oxygen atoms in total. The number of aromatic hydroxyl groups is 1. The van der Waals surface area contributed by atoms with E-state index < -0.39 is 23.4 Å². The number of rotatable bonds is 4.